The van der Waals surface area contributed by atoms with Crippen molar-refractivity contribution < 1.29 is 15.1 Å². The zero-order valence-corrected chi connectivity index (χ0v) is 11.8. The fraction of sp³-hybridized carbons (Fsp3) is 0.0667. The lowest BCUT2D eigenvalue weighted by molar-refractivity contribution is 0.0689. The van der Waals surface area contributed by atoms with E-state index >= 15 is 0 Å². The third kappa shape index (κ3) is 2.69. The van der Waals surface area contributed by atoms with E-state index in [4.69, 9.17) is 5.11 Å². The van der Waals surface area contributed by atoms with Gasteiger partial charge in [-0.05, 0) is 11.6 Å². The lowest BCUT2D eigenvalue weighted by atomic mass is 10.2. The molecule has 0 amide bonds. The Bertz CT molecular complexity index is 937. The number of hydrogen-bond acceptors (Lipinski definition) is 6. The van der Waals surface area contributed by atoms with Gasteiger partial charge in [0.2, 0.25) is 0 Å². The smallest absolute Gasteiger partial charge is 0.341 e. The Labute approximate surface area is 129 Å². The third-order valence-electron chi connectivity index (χ3n) is 3.31. The maximum Gasteiger partial charge on any atom is 0.341 e. The van der Waals surface area contributed by atoms with E-state index in [2.05, 4.69) is 15.3 Å². The largest absolute Gasteiger partial charge is 0.477 e. The van der Waals surface area contributed by atoms with E-state index in [1.54, 1.807) is 0 Å². The SMILES string of the molecule is O=C(O)c1cc2c(NCc3ccccc3)ncnc2n(O)c1=O. The fourth-order valence-corrected chi connectivity index (χ4v) is 2.18. The Hall–Kier alpha value is -3.42. The van der Waals surface area contributed by atoms with Crippen molar-refractivity contribution in [2.24, 2.45) is 0 Å². The Balaban J connectivity index is 2.07. The van der Waals surface area contributed by atoms with E-state index in [1.165, 1.54) is 6.33 Å². The highest BCUT2D eigenvalue weighted by Gasteiger charge is 2.17. The number of benzene rings is 1. The topological polar surface area (TPSA) is 117 Å². The minimum Gasteiger partial charge on any atom is -0.477 e. The van der Waals surface area contributed by atoms with E-state index in [-0.39, 0.29) is 15.8 Å². The summed E-state index contributed by atoms with van der Waals surface area (Å²) in [5, 5.41) is 22.2. The fourth-order valence-electron chi connectivity index (χ4n) is 2.18. The number of pyridine rings is 1. The molecule has 0 unspecified atom stereocenters. The summed E-state index contributed by atoms with van der Waals surface area (Å²) in [4.78, 5) is 30.8. The van der Waals surface area contributed by atoms with E-state index < -0.39 is 17.1 Å². The lowest BCUT2D eigenvalue weighted by Crippen LogP contribution is -2.26. The molecule has 0 spiro atoms. The number of nitrogens with one attached hydrogen (secondary N) is 1. The van der Waals surface area contributed by atoms with Crippen molar-refractivity contribution in [3.05, 3.63) is 64.2 Å². The molecule has 3 N–H and O–H groups in total. The molecule has 3 aromatic rings. The number of anilines is 1. The third-order valence-corrected chi connectivity index (χ3v) is 3.31. The number of carboxylic acid groups (broad SMARTS) is 1. The van der Waals surface area contributed by atoms with Crippen LogP contribution in [0.2, 0.25) is 0 Å². The molecule has 0 radical (unpaired) electrons. The van der Waals surface area contributed by atoms with Crippen molar-refractivity contribution >= 4 is 22.8 Å². The normalized spacial score (nSPS) is 10.6. The van der Waals surface area contributed by atoms with Crippen molar-refractivity contribution in [3.8, 4) is 0 Å². The second-order valence-electron chi connectivity index (χ2n) is 4.78. The number of fused-ring (bicyclic) bond motifs is 1. The zero-order valence-electron chi connectivity index (χ0n) is 11.8. The standard InChI is InChI=1S/C15H12N4O4/c20-14-11(15(21)22)6-10-12(17-8-18-13(10)19(14)23)16-7-9-4-2-1-3-5-9/h1-6,8,23H,7H2,(H,21,22)(H,16,17,18). The van der Waals surface area contributed by atoms with Gasteiger partial charge in [0, 0.05) is 6.54 Å². The van der Waals surface area contributed by atoms with Gasteiger partial charge in [-0.15, -0.1) is 4.73 Å². The highest BCUT2D eigenvalue weighted by molar-refractivity contribution is 5.95. The van der Waals surface area contributed by atoms with Crippen molar-refractivity contribution in [2.75, 3.05) is 5.32 Å². The predicted molar refractivity (Wildman–Crippen MR) is 81.7 cm³/mol. The van der Waals surface area contributed by atoms with Crippen LogP contribution in [0.5, 0.6) is 0 Å². The molecule has 2 aromatic heterocycles. The summed E-state index contributed by atoms with van der Waals surface area (Å²) in [5.74, 6) is -1.11. The van der Waals surface area contributed by atoms with Crippen LogP contribution in [-0.2, 0) is 6.54 Å². The number of carboxylic acids is 1. The zero-order chi connectivity index (χ0) is 16.4. The van der Waals surface area contributed by atoms with Crippen LogP contribution in [0.1, 0.15) is 15.9 Å². The highest BCUT2D eigenvalue weighted by Crippen LogP contribution is 2.19. The molecule has 0 atom stereocenters. The van der Waals surface area contributed by atoms with Gasteiger partial charge in [-0.1, -0.05) is 30.3 Å². The summed E-state index contributed by atoms with van der Waals surface area (Å²) >= 11 is 0. The molecule has 0 saturated heterocycles. The summed E-state index contributed by atoms with van der Waals surface area (Å²) in [6, 6.07) is 10.7. The summed E-state index contributed by atoms with van der Waals surface area (Å²) in [7, 11) is 0. The van der Waals surface area contributed by atoms with Crippen LogP contribution in [-0.4, -0.2) is 31.0 Å². The Morgan fingerprint density at radius 3 is 2.65 bits per heavy atom. The number of nitrogens with zero attached hydrogens (tertiary/aromatic N) is 3. The number of hydrogen-bond donors (Lipinski definition) is 3. The van der Waals surface area contributed by atoms with Gasteiger partial charge in [0.1, 0.15) is 17.7 Å². The molecule has 23 heavy (non-hydrogen) atoms. The van der Waals surface area contributed by atoms with Crippen LogP contribution >= 0.6 is 0 Å². The number of rotatable bonds is 4. The van der Waals surface area contributed by atoms with E-state index in [0.29, 0.717) is 12.4 Å². The first-order valence-electron chi connectivity index (χ1n) is 6.69. The van der Waals surface area contributed by atoms with Gasteiger partial charge in [-0.2, -0.15) is 0 Å². The van der Waals surface area contributed by atoms with E-state index in [9.17, 15) is 14.8 Å². The van der Waals surface area contributed by atoms with E-state index in [0.717, 1.165) is 11.6 Å². The molecular weight excluding hydrogens is 300 g/mol. The molecule has 0 fully saturated rings. The van der Waals surface area contributed by atoms with Crippen LogP contribution in [0, 0.1) is 0 Å². The van der Waals surface area contributed by atoms with Crippen molar-refractivity contribution in [2.45, 2.75) is 6.54 Å². The van der Waals surface area contributed by atoms with Gasteiger partial charge >= 0.3 is 5.97 Å². The summed E-state index contributed by atoms with van der Waals surface area (Å²) in [6.07, 6.45) is 1.18. The maximum atomic E-state index is 11.8. The van der Waals surface area contributed by atoms with Crippen molar-refractivity contribution in [1.29, 1.82) is 0 Å². The second kappa shape index (κ2) is 5.76. The van der Waals surface area contributed by atoms with Crippen LogP contribution in [0.3, 0.4) is 0 Å². The molecule has 1 aromatic carbocycles. The van der Waals surface area contributed by atoms with Crippen LogP contribution < -0.4 is 10.9 Å². The Kier molecular flexibility index (Phi) is 3.63. The summed E-state index contributed by atoms with van der Waals surface area (Å²) in [5.41, 5.74) is -0.670. The van der Waals surface area contributed by atoms with Gasteiger partial charge in [0.05, 0.1) is 5.39 Å². The van der Waals surface area contributed by atoms with Crippen molar-refractivity contribution in [1.82, 2.24) is 14.7 Å². The van der Waals surface area contributed by atoms with Gasteiger partial charge in [0.15, 0.2) is 5.65 Å². The molecule has 0 saturated carbocycles. The van der Waals surface area contributed by atoms with Gasteiger partial charge < -0.3 is 15.6 Å². The van der Waals surface area contributed by atoms with Gasteiger partial charge in [0.25, 0.3) is 5.56 Å². The molecule has 2 heterocycles. The van der Waals surface area contributed by atoms with Crippen molar-refractivity contribution in [3.63, 3.8) is 0 Å². The molecule has 0 aliphatic carbocycles. The first kappa shape index (κ1) is 14.5. The quantitative estimate of drug-likeness (QED) is 0.622. The molecule has 116 valence electrons. The summed E-state index contributed by atoms with van der Waals surface area (Å²) < 4.78 is 0.216. The lowest BCUT2D eigenvalue weighted by Gasteiger charge is -2.10. The maximum absolute atomic E-state index is 11.8. The molecule has 8 heteroatoms. The molecule has 0 aliphatic rings. The Morgan fingerprint density at radius 2 is 1.96 bits per heavy atom. The molecule has 0 aliphatic heterocycles. The molecule has 0 bridgehead atoms. The minimum atomic E-state index is -1.43. The number of aromatic carboxylic acids is 1. The monoisotopic (exact) mass is 312 g/mol. The van der Waals surface area contributed by atoms with Gasteiger partial charge in [-0.25, -0.2) is 14.8 Å². The van der Waals surface area contributed by atoms with Crippen LogP contribution in [0.15, 0.2) is 47.5 Å². The average Bonchev–Trinajstić information content (AvgIpc) is 2.56. The molecular formula is C15H12N4O4. The summed E-state index contributed by atoms with van der Waals surface area (Å²) in [6.45, 7) is 0.444. The first-order valence-corrected chi connectivity index (χ1v) is 6.69. The van der Waals surface area contributed by atoms with Gasteiger partial charge in [-0.3, -0.25) is 4.79 Å². The van der Waals surface area contributed by atoms with E-state index in [1.807, 2.05) is 30.3 Å². The van der Waals surface area contributed by atoms with Crippen LogP contribution in [0.4, 0.5) is 5.82 Å². The first-order chi connectivity index (χ1) is 11.1. The predicted octanol–water partition coefficient (Wildman–Crippen LogP) is 1.34. The minimum absolute atomic E-state index is 0.0643. The average molecular weight is 312 g/mol. The molecule has 3 rings (SSSR count). The highest BCUT2D eigenvalue weighted by atomic mass is 16.5. The number of aromatic nitrogens is 3. The Morgan fingerprint density at radius 1 is 1.22 bits per heavy atom. The molecule has 8 nitrogen and oxygen atoms in total. The van der Waals surface area contributed by atoms with Crippen LogP contribution in [0.25, 0.3) is 11.0 Å². The second-order valence-corrected chi connectivity index (χ2v) is 4.78. The number of carbonyl (C=O) groups is 1.